The molecule has 0 bridgehead atoms. The summed E-state index contributed by atoms with van der Waals surface area (Å²) in [4.78, 5) is 12.6. The third kappa shape index (κ3) is 5.23. The molecule has 0 atom stereocenters. The summed E-state index contributed by atoms with van der Waals surface area (Å²) < 4.78 is 22.3. The molecule has 6 nitrogen and oxygen atoms in total. The van der Waals surface area contributed by atoms with Gasteiger partial charge in [0, 0.05) is 11.3 Å². The maximum Gasteiger partial charge on any atom is 0.255 e. The van der Waals surface area contributed by atoms with Crippen molar-refractivity contribution < 1.29 is 23.7 Å². The van der Waals surface area contributed by atoms with Crippen molar-refractivity contribution in [1.82, 2.24) is 0 Å². The number of hydrogen-bond donors (Lipinski definition) is 1. The van der Waals surface area contributed by atoms with Crippen molar-refractivity contribution in [3.8, 4) is 28.7 Å². The second-order valence-corrected chi connectivity index (χ2v) is 6.26. The topological polar surface area (TPSA) is 66.0 Å². The van der Waals surface area contributed by atoms with E-state index in [4.69, 9.17) is 18.9 Å². The fourth-order valence-corrected chi connectivity index (χ4v) is 2.83. The second kappa shape index (κ2) is 10.2. The van der Waals surface area contributed by atoms with Gasteiger partial charge in [-0.15, -0.1) is 0 Å². The van der Waals surface area contributed by atoms with Gasteiger partial charge in [-0.2, -0.15) is 0 Å². The molecule has 3 rings (SSSR count). The minimum absolute atomic E-state index is 0.239. The largest absolute Gasteiger partial charge is 0.493 e. The molecule has 0 radical (unpaired) electrons. The Morgan fingerprint density at radius 3 is 2.13 bits per heavy atom. The maximum atomic E-state index is 12.6. The molecule has 156 valence electrons. The lowest BCUT2D eigenvalue weighted by molar-refractivity contribution is 0.102. The van der Waals surface area contributed by atoms with Crippen LogP contribution in [0.5, 0.6) is 28.7 Å². The summed E-state index contributed by atoms with van der Waals surface area (Å²) in [5, 5.41) is 2.88. The lowest BCUT2D eigenvalue weighted by Gasteiger charge is -2.13. The zero-order valence-electron chi connectivity index (χ0n) is 17.3. The highest BCUT2D eigenvalue weighted by Crippen LogP contribution is 2.32. The number of methoxy groups -OCH3 is 1. The zero-order valence-corrected chi connectivity index (χ0v) is 17.3. The molecular formula is C24H25NO5. The van der Waals surface area contributed by atoms with Crippen molar-refractivity contribution in [2.24, 2.45) is 0 Å². The van der Waals surface area contributed by atoms with Crippen molar-refractivity contribution in [1.29, 1.82) is 0 Å². The first-order valence-corrected chi connectivity index (χ1v) is 9.76. The first kappa shape index (κ1) is 21.0. The van der Waals surface area contributed by atoms with E-state index in [-0.39, 0.29) is 5.91 Å². The van der Waals surface area contributed by atoms with Crippen molar-refractivity contribution >= 4 is 11.6 Å². The molecule has 0 saturated heterocycles. The van der Waals surface area contributed by atoms with Crippen LogP contribution >= 0.6 is 0 Å². The molecule has 0 aliphatic heterocycles. The van der Waals surface area contributed by atoms with Gasteiger partial charge in [0.2, 0.25) is 0 Å². The standard InChI is InChI=1S/C24H25NO5/c1-4-28-21-15-10-17(16-23(21)29-5-2)24(26)25-18-11-13-19(14-12-18)30-22-9-7-6-8-20(22)27-3/h6-16H,4-5H2,1-3H3,(H,25,26). The Hall–Kier alpha value is -3.67. The lowest BCUT2D eigenvalue weighted by Crippen LogP contribution is -2.12. The molecular weight excluding hydrogens is 382 g/mol. The molecule has 0 aliphatic rings. The van der Waals surface area contributed by atoms with Crippen LogP contribution in [0.2, 0.25) is 0 Å². The van der Waals surface area contributed by atoms with Crippen LogP contribution in [0.4, 0.5) is 5.69 Å². The van der Waals surface area contributed by atoms with Gasteiger partial charge in [0.15, 0.2) is 23.0 Å². The number of nitrogens with one attached hydrogen (secondary N) is 1. The smallest absolute Gasteiger partial charge is 0.255 e. The van der Waals surface area contributed by atoms with Crippen molar-refractivity contribution in [3.05, 3.63) is 72.3 Å². The third-order valence-electron chi connectivity index (χ3n) is 4.21. The Balaban J connectivity index is 1.69. The van der Waals surface area contributed by atoms with Gasteiger partial charge in [0.05, 0.1) is 20.3 Å². The average Bonchev–Trinajstić information content (AvgIpc) is 2.77. The van der Waals surface area contributed by atoms with Crippen LogP contribution in [-0.2, 0) is 0 Å². The Labute approximate surface area is 176 Å². The molecule has 1 amide bonds. The van der Waals surface area contributed by atoms with Gasteiger partial charge in [-0.25, -0.2) is 0 Å². The SMILES string of the molecule is CCOc1ccc(C(=O)Nc2ccc(Oc3ccccc3OC)cc2)cc1OCC. The van der Waals surface area contributed by atoms with Crippen LogP contribution in [0.1, 0.15) is 24.2 Å². The highest BCUT2D eigenvalue weighted by atomic mass is 16.5. The zero-order chi connectivity index (χ0) is 21.3. The fourth-order valence-electron chi connectivity index (χ4n) is 2.83. The number of hydrogen-bond acceptors (Lipinski definition) is 5. The predicted molar refractivity (Wildman–Crippen MR) is 116 cm³/mol. The number of rotatable bonds is 9. The maximum absolute atomic E-state index is 12.6. The Kier molecular flexibility index (Phi) is 7.16. The highest BCUT2D eigenvalue weighted by molar-refractivity contribution is 6.04. The van der Waals surface area contributed by atoms with Crippen LogP contribution in [0.25, 0.3) is 0 Å². The van der Waals surface area contributed by atoms with Crippen LogP contribution in [0, 0.1) is 0 Å². The van der Waals surface area contributed by atoms with Crippen LogP contribution in [0.15, 0.2) is 66.7 Å². The first-order valence-electron chi connectivity index (χ1n) is 9.76. The van der Waals surface area contributed by atoms with Gasteiger partial charge >= 0.3 is 0 Å². The van der Waals surface area contributed by atoms with Gasteiger partial charge in [0.25, 0.3) is 5.91 Å². The number of carbonyl (C=O) groups excluding carboxylic acids is 1. The van der Waals surface area contributed by atoms with Crippen molar-refractivity contribution in [3.63, 3.8) is 0 Å². The van der Waals surface area contributed by atoms with Gasteiger partial charge < -0.3 is 24.3 Å². The molecule has 30 heavy (non-hydrogen) atoms. The van der Waals surface area contributed by atoms with Gasteiger partial charge in [0.1, 0.15) is 5.75 Å². The second-order valence-electron chi connectivity index (χ2n) is 6.26. The van der Waals surface area contributed by atoms with Crippen LogP contribution in [0.3, 0.4) is 0 Å². The van der Waals surface area contributed by atoms with Gasteiger partial charge in [-0.3, -0.25) is 4.79 Å². The third-order valence-corrected chi connectivity index (χ3v) is 4.21. The number of benzene rings is 3. The number of anilines is 1. The van der Waals surface area contributed by atoms with E-state index in [0.29, 0.717) is 53.2 Å². The molecule has 0 heterocycles. The van der Waals surface area contributed by atoms with Crippen LogP contribution in [-0.4, -0.2) is 26.2 Å². The quantitative estimate of drug-likeness (QED) is 0.505. The fraction of sp³-hybridized carbons (Fsp3) is 0.208. The predicted octanol–water partition coefficient (Wildman–Crippen LogP) is 5.54. The molecule has 0 aliphatic carbocycles. The van der Waals surface area contributed by atoms with E-state index in [1.807, 2.05) is 38.1 Å². The minimum atomic E-state index is -0.239. The average molecular weight is 407 g/mol. The summed E-state index contributed by atoms with van der Waals surface area (Å²) in [6, 6.07) is 19.7. The molecule has 3 aromatic carbocycles. The van der Waals surface area contributed by atoms with E-state index in [1.54, 1.807) is 49.6 Å². The summed E-state index contributed by atoms with van der Waals surface area (Å²) >= 11 is 0. The number of ether oxygens (including phenoxy) is 4. The normalized spacial score (nSPS) is 10.2. The Bertz CT molecular complexity index is 985. The summed E-state index contributed by atoms with van der Waals surface area (Å²) in [6.45, 7) is 4.79. The molecule has 6 heteroatoms. The summed E-state index contributed by atoms with van der Waals surface area (Å²) in [5.41, 5.74) is 1.13. The van der Waals surface area contributed by atoms with Crippen molar-refractivity contribution in [2.45, 2.75) is 13.8 Å². The Morgan fingerprint density at radius 1 is 0.800 bits per heavy atom. The molecule has 0 unspecified atom stereocenters. The lowest BCUT2D eigenvalue weighted by atomic mass is 10.1. The summed E-state index contributed by atoms with van der Waals surface area (Å²) in [6.07, 6.45) is 0. The number of para-hydroxylation sites is 2. The van der Waals surface area contributed by atoms with Crippen molar-refractivity contribution in [2.75, 3.05) is 25.6 Å². The molecule has 0 fully saturated rings. The first-order chi connectivity index (χ1) is 14.6. The minimum Gasteiger partial charge on any atom is -0.493 e. The monoisotopic (exact) mass is 407 g/mol. The molecule has 1 N–H and O–H groups in total. The van der Waals surface area contributed by atoms with Gasteiger partial charge in [-0.1, -0.05) is 12.1 Å². The molecule has 0 saturated carbocycles. The van der Waals surface area contributed by atoms with E-state index < -0.39 is 0 Å². The summed E-state index contributed by atoms with van der Waals surface area (Å²) in [7, 11) is 1.60. The van der Waals surface area contributed by atoms with E-state index in [0.717, 1.165) is 0 Å². The Morgan fingerprint density at radius 2 is 1.47 bits per heavy atom. The molecule has 0 spiro atoms. The highest BCUT2D eigenvalue weighted by Gasteiger charge is 2.12. The van der Waals surface area contributed by atoms with Gasteiger partial charge in [-0.05, 0) is 68.4 Å². The molecule has 3 aromatic rings. The van der Waals surface area contributed by atoms with Crippen LogP contribution < -0.4 is 24.3 Å². The molecule has 0 aromatic heterocycles. The van der Waals surface area contributed by atoms with E-state index in [2.05, 4.69) is 5.32 Å². The van der Waals surface area contributed by atoms with E-state index in [1.165, 1.54) is 0 Å². The summed E-state index contributed by atoms with van der Waals surface area (Å²) in [5.74, 6) is 2.83. The number of amides is 1. The number of carbonyl (C=O) groups is 1. The van der Waals surface area contributed by atoms with E-state index in [9.17, 15) is 4.79 Å². The van der Waals surface area contributed by atoms with E-state index >= 15 is 0 Å².